The molecule has 0 aromatic heterocycles. The number of ether oxygens (including phenoxy) is 3. The number of carbonyl (C=O) groups excluding carboxylic acids is 2. The lowest BCUT2D eigenvalue weighted by Gasteiger charge is -2.16. The number of benzene rings is 2. The van der Waals surface area contributed by atoms with Crippen LogP contribution in [0.1, 0.15) is 17.3 Å². The van der Waals surface area contributed by atoms with E-state index in [-0.39, 0.29) is 6.79 Å². The lowest BCUT2D eigenvalue weighted by atomic mass is 10.2. The number of esters is 1. The molecule has 0 spiro atoms. The number of carbonyl (C=O) groups is 2. The van der Waals surface area contributed by atoms with E-state index in [4.69, 9.17) is 14.2 Å². The Morgan fingerprint density at radius 3 is 2.65 bits per heavy atom. The molecule has 136 valence electrons. The Labute approximate surface area is 151 Å². The van der Waals surface area contributed by atoms with Gasteiger partial charge in [0.05, 0.1) is 5.56 Å². The van der Waals surface area contributed by atoms with Crippen LogP contribution in [0.4, 0.5) is 11.4 Å². The fourth-order valence-electron chi connectivity index (χ4n) is 2.41. The molecule has 0 radical (unpaired) electrons. The van der Waals surface area contributed by atoms with Gasteiger partial charge in [-0.25, -0.2) is 4.79 Å². The number of anilines is 2. The smallest absolute Gasteiger partial charge is 0.338 e. The van der Waals surface area contributed by atoms with Crippen LogP contribution in [0.25, 0.3) is 0 Å². The van der Waals surface area contributed by atoms with Crippen molar-refractivity contribution in [2.45, 2.75) is 13.0 Å². The number of amides is 1. The van der Waals surface area contributed by atoms with Gasteiger partial charge in [0.15, 0.2) is 17.6 Å². The van der Waals surface area contributed by atoms with E-state index >= 15 is 0 Å². The number of hydrogen-bond donors (Lipinski definition) is 1. The highest BCUT2D eigenvalue weighted by molar-refractivity contribution is 5.97. The summed E-state index contributed by atoms with van der Waals surface area (Å²) in [6.45, 7) is 1.68. The Morgan fingerprint density at radius 1 is 1.12 bits per heavy atom. The third kappa shape index (κ3) is 3.88. The van der Waals surface area contributed by atoms with Gasteiger partial charge in [-0.15, -0.1) is 0 Å². The van der Waals surface area contributed by atoms with Gasteiger partial charge in [0.1, 0.15) is 0 Å². The molecule has 1 aliphatic heterocycles. The summed E-state index contributed by atoms with van der Waals surface area (Å²) in [7, 11) is 3.76. The van der Waals surface area contributed by atoms with Crippen LogP contribution in [0.2, 0.25) is 0 Å². The van der Waals surface area contributed by atoms with Crippen molar-refractivity contribution in [2.75, 3.05) is 31.1 Å². The number of nitrogens with one attached hydrogen (secondary N) is 1. The Balaban J connectivity index is 1.62. The molecular weight excluding hydrogens is 336 g/mol. The standard InChI is InChI=1S/C19H20N2O5/c1-12(26-19(23)13-5-4-6-15(9-13)21(2)3)18(22)20-14-7-8-16-17(10-14)25-11-24-16/h4-10,12H,11H2,1-3H3,(H,20,22)/t12-/m1/s1. The Bertz CT molecular complexity index is 834. The highest BCUT2D eigenvalue weighted by Gasteiger charge is 2.21. The molecule has 0 bridgehead atoms. The Morgan fingerprint density at radius 2 is 1.88 bits per heavy atom. The maximum atomic E-state index is 12.3. The van der Waals surface area contributed by atoms with Gasteiger partial charge in [0, 0.05) is 31.5 Å². The van der Waals surface area contributed by atoms with E-state index in [0.717, 1.165) is 5.69 Å². The Kier molecular flexibility index (Phi) is 4.97. The summed E-state index contributed by atoms with van der Waals surface area (Å²) in [4.78, 5) is 26.5. The molecular formula is C19H20N2O5. The summed E-state index contributed by atoms with van der Waals surface area (Å²) in [6.07, 6.45) is -0.948. The monoisotopic (exact) mass is 356 g/mol. The predicted molar refractivity (Wildman–Crippen MR) is 96.8 cm³/mol. The zero-order valence-electron chi connectivity index (χ0n) is 14.8. The minimum Gasteiger partial charge on any atom is -0.454 e. The molecule has 2 aromatic carbocycles. The van der Waals surface area contributed by atoms with Crippen LogP contribution >= 0.6 is 0 Å². The minimum atomic E-state index is -0.948. The molecule has 26 heavy (non-hydrogen) atoms. The van der Waals surface area contributed by atoms with Crippen LogP contribution in [-0.4, -0.2) is 38.9 Å². The summed E-state index contributed by atoms with van der Waals surface area (Å²) in [5, 5.41) is 2.70. The van der Waals surface area contributed by atoms with Gasteiger partial charge in [0.2, 0.25) is 6.79 Å². The summed E-state index contributed by atoms with van der Waals surface area (Å²) in [5.74, 6) is 0.208. The van der Waals surface area contributed by atoms with Gasteiger partial charge in [-0.1, -0.05) is 6.07 Å². The van der Waals surface area contributed by atoms with Gasteiger partial charge in [-0.05, 0) is 37.3 Å². The van der Waals surface area contributed by atoms with Gasteiger partial charge >= 0.3 is 5.97 Å². The van der Waals surface area contributed by atoms with Crippen molar-refractivity contribution in [1.82, 2.24) is 0 Å². The first-order chi connectivity index (χ1) is 12.4. The number of rotatable bonds is 5. The lowest BCUT2D eigenvalue weighted by molar-refractivity contribution is -0.123. The van der Waals surface area contributed by atoms with Crippen LogP contribution in [0, 0.1) is 0 Å². The number of fused-ring (bicyclic) bond motifs is 1. The minimum absolute atomic E-state index is 0.159. The molecule has 1 atom stereocenters. The maximum Gasteiger partial charge on any atom is 0.338 e. The van der Waals surface area contributed by atoms with E-state index in [1.54, 1.807) is 36.4 Å². The van der Waals surface area contributed by atoms with Crippen LogP contribution in [0.5, 0.6) is 11.5 Å². The molecule has 0 fully saturated rings. The molecule has 2 aromatic rings. The molecule has 0 unspecified atom stereocenters. The fourth-order valence-corrected chi connectivity index (χ4v) is 2.41. The average Bonchev–Trinajstić information content (AvgIpc) is 3.09. The van der Waals surface area contributed by atoms with Gasteiger partial charge in [-0.2, -0.15) is 0 Å². The van der Waals surface area contributed by atoms with E-state index in [1.165, 1.54) is 6.92 Å². The van der Waals surface area contributed by atoms with E-state index in [2.05, 4.69) is 5.32 Å². The topological polar surface area (TPSA) is 77.1 Å². The molecule has 1 heterocycles. The van der Waals surface area contributed by atoms with Crippen LogP contribution in [0.15, 0.2) is 42.5 Å². The van der Waals surface area contributed by atoms with E-state index in [9.17, 15) is 9.59 Å². The first-order valence-electron chi connectivity index (χ1n) is 8.13. The van der Waals surface area contributed by atoms with Crippen LogP contribution < -0.4 is 19.7 Å². The van der Waals surface area contributed by atoms with Gasteiger partial charge in [0.25, 0.3) is 5.91 Å². The average molecular weight is 356 g/mol. The quantitative estimate of drug-likeness (QED) is 0.830. The zero-order valence-corrected chi connectivity index (χ0v) is 14.8. The number of nitrogens with zero attached hydrogens (tertiary/aromatic N) is 1. The SMILES string of the molecule is C[C@@H](OC(=O)c1cccc(N(C)C)c1)C(=O)Nc1ccc2c(c1)OCO2. The normalized spacial score (nSPS) is 13.0. The van der Waals surface area contributed by atoms with E-state index < -0.39 is 18.0 Å². The van der Waals surface area contributed by atoms with E-state index in [0.29, 0.717) is 22.7 Å². The highest BCUT2D eigenvalue weighted by atomic mass is 16.7. The molecule has 1 aliphatic rings. The van der Waals surface area contributed by atoms with Crippen LogP contribution in [-0.2, 0) is 9.53 Å². The Hall–Kier alpha value is -3.22. The van der Waals surface area contributed by atoms with Gasteiger partial charge in [-0.3, -0.25) is 4.79 Å². The molecule has 1 N–H and O–H groups in total. The van der Waals surface area contributed by atoms with Crippen molar-refractivity contribution in [1.29, 1.82) is 0 Å². The second-order valence-electron chi connectivity index (χ2n) is 6.05. The third-order valence-corrected chi connectivity index (χ3v) is 3.89. The second kappa shape index (κ2) is 7.35. The van der Waals surface area contributed by atoms with Crippen molar-refractivity contribution in [2.24, 2.45) is 0 Å². The maximum absolute atomic E-state index is 12.3. The van der Waals surface area contributed by atoms with Crippen LogP contribution in [0.3, 0.4) is 0 Å². The fraction of sp³-hybridized carbons (Fsp3) is 0.263. The molecule has 0 saturated carbocycles. The molecule has 0 saturated heterocycles. The molecule has 7 heteroatoms. The second-order valence-corrected chi connectivity index (χ2v) is 6.05. The van der Waals surface area contributed by atoms with Crippen molar-refractivity contribution >= 4 is 23.3 Å². The summed E-state index contributed by atoms with van der Waals surface area (Å²) >= 11 is 0. The van der Waals surface area contributed by atoms with Crippen molar-refractivity contribution in [3.8, 4) is 11.5 Å². The predicted octanol–water partition coefficient (Wildman–Crippen LogP) is 2.67. The third-order valence-electron chi connectivity index (χ3n) is 3.89. The first kappa shape index (κ1) is 17.6. The lowest BCUT2D eigenvalue weighted by Crippen LogP contribution is -2.30. The first-order valence-corrected chi connectivity index (χ1v) is 8.13. The van der Waals surface area contributed by atoms with Gasteiger partial charge < -0.3 is 24.4 Å². The van der Waals surface area contributed by atoms with Crippen molar-refractivity contribution < 1.29 is 23.8 Å². The molecule has 0 aliphatic carbocycles. The molecule has 7 nitrogen and oxygen atoms in total. The van der Waals surface area contributed by atoms with Crippen molar-refractivity contribution in [3.63, 3.8) is 0 Å². The molecule has 1 amide bonds. The molecule has 3 rings (SSSR count). The largest absolute Gasteiger partial charge is 0.454 e. The summed E-state index contributed by atoms with van der Waals surface area (Å²) in [5.41, 5.74) is 1.80. The summed E-state index contributed by atoms with van der Waals surface area (Å²) in [6, 6.07) is 12.1. The highest BCUT2D eigenvalue weighted by Crippen LogP contribution is 2.34. The zero-order chi connectivity index (χ0) is 18.7. The summed E-state index contributed by atoms with van der Waals surface area (Å²) < 4.78 is 15.8. The number of hydrogen-bond acceptors (Lipinski definition) is 6. The van der Waals surface area contributed by atoms with E-state index in [1.807, 2.05) is 25.1 Å². The van der Waals surface area contributed by atoms with Crippen molar-refractivity contribution in [3.05, 3.63) is 48.0 Å².